The lowest BCUT2D eigenvalue weighted by atomic mass is 10.2. The van der Waals surface area contributed by atoms with E-state index in [1.54, 1.807) is 0 Å². The molecule has 1 aliphatic heterocycles. The predicted molar refractivity (Wildman–Crippen MR) is 82.4 cm³/mol. The second kappa shape index (κ2) is 6.61. The number of nitrogens with zero attached hydrogens (tertiary/aromatic N) is 2. The minimum atomic E-state index is -1.02. The van der Waals surface area contributed by atoms with Crippen LogP contribution in [0.4, 0.5) is 10.5 Å². The van der Waals surface area contributed by atoms with Gasteiger partial charge in [0, 0.05) is 12.1 Å². The molecule has 9 heteroatoms. The number of benzene rings is 1. The predicted octanol–water partition coefficient (Wildman–Crippen LogP) is 2.19. The van der Waals surface area contributed by atoms with Gasteiger partial charge in [-0.05, 0) is 42.5 Å². The van der Waals surface area contributed by atoms with Crippen molar-refractivity contribution in [3.05, 3.63) is 44.8 Å². The van der Waals surface area contributed by atoms with Crippen LogP contribution in [0.15, 0.2) is 29.2 Å². The molecule has 0 bridgehead atoms. The van der Waals surface area contributed by atoms with Crippen molar-refractivity contribution in [3.8, 4) is 0 Å². The van der Waals surface area contributed by atoms with Crippen molar-refractivity contribution >= 4 is 40.6 Å². The Bertz CT molecular complexity index is 712. The first kappa shape index (κ1) is 16.7. The van der Waals surface area contributed by atoms with E-state index in [4.69, 9.17) is 0 Å². The van der Waals surface area contributed by atoms with E-state index in [1.165, 1.54) is 44.4 Å². The summed E-state index contributed by atoms with van der Waals surface area (Å²) in [5.74, 6) is -1.29. The van der Waals surface area contributed by atoms with Gasteiger partial charge in [0.1, 0.15) is 6.04 Å². The van der Waals surface area contributed by atoms with Crippen LogP contribution in [0.3, 0.4) is 0 Å². The van der Waals surface area contributed by atoms with Gasteiger partial charge in [0.05, 0.1) is 16.9 Å². The molecule has 1 heterocycles. The number of ether oxygens (including phenoxy) is 1. The summed E-state index contributed by atoms with van der Waals surface area (Å²) in [5.41, 5.74) is 0.460. The summed E-state index contributed by atoms with van der Waals surface area (Å²) in [5, 5.41) is 10.0. The lowest BCUT2D eigenvalue weighted by molar-refractivity contribution is -0.384. The van der Waals surface area contributed by atoms with Crippen molar-refractivity contribution in [2.45, 2.75) is 13.0 Å². The number of nitro benzene ring substituents is 1. The highest BCUT2D eigenvalue weighted by atomic mass is 32.2. The van der Waals surface area contributed by atoms with Crippen LogP contribution in [0.2, 0.25) is 0 Å². The smallest absolute Gasteiger partial charge is 0.328 e. The fourth-order valence-corrected chi connectivity index (χ4v) is 2.84. The van der Waals surface area contributed by atoms with Gasteiger partial charge in [-0.3, -0.25) is 24.6 Å². The number of hydrogen-bond donors (Lipinski definition) is 0. The molecule has 0 spiro atoms. The molecular formula is C14H12N2O6S. The van der Waals surface area contributed by atoms with Crippen molar-refractivity contribution in [1.82, 2.24) is 4.90 Å². The van der Waals surface area contributed by atoms with Crippen molar-refractivity contribution in [2.24, 2.45) is 0 Å². The zero-order valence-corrected chi connectivity index (χ0v) is 13.0. The van der Waals surface area contributed by atoms with Gasteiger partial charge in [-0.2, -0.15) is 0 Å². The molecular weight excluding hydrogens is 324 g/mol. The number of methoxy groups -OCH3 is 1. The molecule has 0 saturated carbocycles. The van der Waals surface area contributed by atoms with E-state index in [0.717, 1.165) is 4.90 Å². The number of non-ortho nitro benzene ring substituents is 1. The van der Waals surface area contributed by atoms with Gasteiger partial charge in [0.2, 0.25) is 0 Å². The number of imide groups is 1. The fourth-order valence-electron chi connectivity index (χ4n) is 1.93. The Labute approximate surface area is 135 Å². The lowest BCUT2D eigenvalue weighted by Crippen LogP contribution is -2.42. The molecule has 1 aromatic rings. The molecule has 8 nitrogen and oxygen atoms in total. The third-order valence-electron chi connectivity index (χ3n) is 3.15. The Balaban J connectivity index is 2.24. The first-order valence-corrected chi connectivity index (χ1v) is 7.26. The monoisotopic (exact) mass is 336 g/mol. The number of hydrogen-bond acceptors (Lipinski definition) is 7. The summed E-state index contributed by atoms with van der Waals surface area (Å²) in [6.45, 7) is 1.40. The molecule has 1 saturated heterocycles. The first-order chi connectivity index (χ1) is 10.8. The number of carbonyl (C=O) groups is 3. The van der Waals surface area contributed by atoms with Gasteiger partial charge in [-0.25, -0.2) is 4.79 Å². The summed E-state index contributed by atoms with van der Waals surface area (Å²) < 4.78 is 4.53. The Morgan fingerprint density at radius 1 is 1.35 bits per heavy atom. The summed E-state index contributed by atoms with van der Waals surface area (Å²) in [7, 11) is 1.17. The fraction of sp³-hybridized carbons (Fsp3) is 0.214. The zero-order valence-electron chi connectivity index (χ0n) is 12.2. The normalized spacial score (nSPS) is 17.5. The van der Waals surface area contributed by atoms with Crippen LogP contribution in [-0.4, -0.2) is 40.1 Å². The molecule has 1 aromatic carbocycles. The van der Waals surface area contributed by atoms with Gasteiger partial charge in [0.15, 0.2) is 0 Å². The molecule has 2 amide bonds. The molecule has 0 radical (unpaired) electrons. The molecule has 0 aliphatic carbocycles. The van der Waals surface area contributed by atoms with E-state index < -0.39 is 28.1 Å². The number of rotatable bonds is 4. The molecule has 2 rings (SSSR count). The highest BCUT2D eigenvalue weighted by Gasteiger charge is 2.41. The van der Waals surface area contributed by atoms with E-state index in [9.17, 15) is 24.5 Å². The molecule has 0 unspecified atom stereocenters. The van der Waals surface area contributed by atoms with Gasteiger partial charge < -0.3 is 4.74 Å². The van der Waals surface area contributed by atoms with Crippen molar-refractivity contribution < 1.29 is 24.0 Å². The van der Waals surface area contributed by atoms with Crippen LogP contribution in [0.25, 0.3) is 6.08 Å². The summed E-state index contributed by atoms with van der Waals surface area (Å²) in [6.07, 6.45) is 1.44. The topological polar surface area (TPSA) is 107 Å². The Morgan fingerprint density at radius 2 is 1.96 bits per heavy atom. The van der Waals surface area contributed by atoms with Gasteiger partial charge in [-0.15, -0.1) is 0 Å². The minimum Gasteiger partial charge on any atom is -0.467 e. The van der Waals surface area contributed by atoms with Crippen LogP contribution in [-0.2, 0) is 14.3 Å². The Kier molecular flexibility index (Phi) is 4.80. The Morgan fingerprint density at radius 3 is 2.48 bits per heavy atom. The SMILES string of the molecule is COC(=O)[C@@H](C)N1C(=O)S/C(=C\c2ccc([N+](=O)[O-])cc2)C1=O. The molecule has 1 fully saturated rings. The second-order valence-corrected chi connectivity index (χ2v) is 5.59. The Hall–Kier alpha value is -2.68. The van der Waals surface area contributed by atoms with Crippen molar-refractivity contribution in [1.29, 1.82) is 0 Å². The summed E-state index contributed by atoms with van der Waals surface area (Å²) in [6, 6.07) is 4.52. The second-order valence-electron chi connectivity index (χ2n) is 4.60. The molecule has 1 aliphatic rings. The molecule has 23 heavy (non-hydrogen) atoms. The quantitative estimate of drug-likeness (QED) is 0.359. The largest absolute Gasteiger partial charge is 0.467 e. The highest BCUT2D eigenvalue weighted by molar-refractivity contribution is 8.18. The van der Waals surface area contributed by atoms with E-state index in [1.807, 2.05) is 0 Å². The molecule has 1 atom stereocenters. The third-order valence-corrected chi connectivity index (χ3v) is 4.04. The average Bonchev–Trinajstić information content (AvgIpc) is 2.80. The van der Waals surface area contributed by atoms with E-state index >= 15 is 0 Å². The van der Waals surface area contributed by atoms with E-state index in [2.05, 4.69) is 4.74 Å². The molecule has 120 valence electrons. The van der Waals surface area contributed by atoms with Crippen LogP contribution < -0.4 is 0 Å². The van der Waals surface area contributed by atoms with Gasteiger partial charge in [0.25, 0.3) is 16.8 Å². The van der Waals surface area contributed by atoms with Crippen molar-refractivity contribution in [2.75, 3.05) is 7.11 Å². The lowest BCUT2D eigenvalue weighted by Gasteiger charge is -2.18. The standard InChI is InChI=1S/C14H12N2O6S/c1-8(13(18)22-2)15-12(17)11(23-14(15)19)7-9-3-5-10(6-4-9)16(20)21/h3-8H,1-2H3/b11-7-/t8-/m1/s1. The minimum absolute atomic E-state index is 0.0745. The van der Waals surface area contributed by atoms with Crippen LogP contribution in [0, 0.1) is 10.1 Å². The molecule has 0 N–H and O–H groups in total. The van der Waals surface area contributed by atoms with Crippen LogP contribution in [0.5, 0.6) is 0 Å². The number of nitro groups is 1. The maximum atomic E-state index is 12.3. The van der Waals surface area contributed by atoms with E-state index in [-0.39, 0.29) is 10.6 Å². The number of carbonyl (C=O) groups excluding carboxylic acids is 3. The zero-order chi connectivity index (χ0) is 17.1. The summed E-state index contributed by atoms with van der Waals surface area (Å²) >= 11 is 0.700. The van der Waals surface area contributed by atoms with Crippen LogP contribution >= 0.6 is 11.8 Å². The van der Waals surface area contributed by atoms with Crippen LogP contribution in [0.1, 0.15) is 12.5 Å². The van der Waals surface area contributed by atoms with Crippen molar-refractivity contribution in [3.63, 3.8) is 0 Å². The maximum Gasteiger partial charge on any atom is 0.328 e. The van der Waals surface area contributed by atoms with Gasteiger partial charge in [-0.1, -0.05) is 0 Å². The number of esters is 1. The number of thioether (sulfide) groups is 1. The van der Waals surface area contributed by atoms with E-state index in [0.29, 0.717) is 17.3 Å². The molecule has 0 aromatic heterocycles. The number of amides is 2. The van der Waals surface area contributed by atoms with Gasteiger partial charge >= 0.3 is 5.97 Å². The summed E-state index contributed by atoms with van der Waals surface area (Å²) in [4.78, 5) is 46.7. The highest BCUT2D eigenvalue weighted by Crippen LogP contribution is 2.33. The maximum absolute atomic E-state index is 12.3. The average molecular weight is 336 g/mol. The first-order valence-electron chi connectivity index (χ1n) is 6.44. The third kappa shape index (κ3) is 3.39.